The fourth-order valence-corrected chi connectivity index (χ4v) is 5.11. The molecule has 1 aliphatic rings. The molecule has 3 aromatic rings. The lowest BCUT2D eigenvalue weighted by Crippen LogP contribution is -2.32. The van der Waals surface area contributed by atoms with Crippen LogP contribution in [0, 0.1) is 13.8 Å². The van der Waals surface area contributed by atoms with Crippen LogP contribution in [0.15, 0.2) is 54.7 Å². The molecule has 3 heterocycles. The van der Waals surface area contributed by atoms with Gasteiger partial charge in [0, 0.05) is 29.8 Å². The van der Waals surface area contributed by atoms with Gasteiger partial charge >= 0.3 is 5.97 Å². The Hall–Kier alpha value is -3.23. The molecule has 1 aromatic carbocycles. The molecule has 178 valence electrons. The Balaban J connectivity index is 1.75. The third kappa shape index (κ3) is 4.69. The summed E-state index contributed by atoms with van der Waals surface area (Å²) in [6.07, 6.45) is 2.81. The number of hydrogen-bond donors (Lipinski definition) is 2. The number of nitrogens with one attached hydrogen (secondary N) is 1. The van der Waals surface area contributed by atoms with Crippen LogP contribution in [0.1, 0.15) is 51.5 Å². The average molecular weight is 478 g/mol. The first-order valence-corrected chi connectivity index (χ1v) is 11.8. The first-order valence-electron chi connectivity index (χ1n) is 11.4. The Bertz CT molecular complexity index is 1170. The van der Waals surface area contributed by atoms with Gasteiger partial charge in [0.05, 0.1) is 23.3 Å². The van der Waals surface area contributed by atoms with Crippen LogP contribution in [0.3, 0.4) is 0 Å². The monoisotopic (exact) mass is 477 g/mol. The molecule has 0 spiro atoms. The summed E-state index contributed by atoms with van der Waals surface area (Å²) >= 11 is 5.80. The van der Waals surface area contributed by atoms with E-state index in [1.54, 1.807) is 12.1 Å². The summed E-state index contributed by atoms with van der Waals surface area (Å²) in [6.45, 7) is 6.01. The topological polar surface area (TPSA) is 73.6 Å². The van der Waals surface area contributed by atoms with Crippen molar-refractivity contribution in [2.45, 2.75) is 32.4 Å². The normalized spacial score (nSPS) is 17.9. The number of carboxylic acids is 1. The van der Waals surface area contributed by atoms with Crippen molar-refractivity contribution in [2.75, 3.05) is 27.2 Å². The minimum Gasteiger partial charge on any atom is -0.478 e. The van der Waals surface area contributed by atoms with Gasteiger partial charge in [-0.25, -0.2) is 4.79 Å². The minimum atomic E-state index is -0.926. The number of carboxylic acid groups (broad SMARTS) is 1. The summed E-state index contributed by atoms with van der Waals surface area (Å²) in [5.41, 5.74) is 5.55. The molecule has 0 radical (unpaired) electrons. The summed E-state index contributed by atoms with van der Waals surface area (Å²) in [5, 5.41) is 13.5. The van der Waals surface area contributed by atoms with E-state index in [0.717, 1.165) is 47.4 Å². The highest BCUT2D eigenvalue weighted by Crippen LogP contribution is 2.41. The smallest absolute Gasteiger partial charge is 0.335 e. The Labute approximate surface area is 206 Å². The highest BCUT2D eigenvalue weighted by Gasteiger charge is 2.41. The fourth-order valence-electron chi connectivity index (χ4n) is 4.78. The molecule has 0 amide bonds. The first kappa shape index (κ1) is 23.9. The van der Waals surface area contributed by atoms with Gasteiger partial charge in [0.25, 0.3) is 0 Å². The van der Waals surface area contributed by atoms with Crippen LogP contribution in [0.25, 0.3) is 5.69 Å². The van der Waals surface area contributed by atoms with E-state index in [2.05, 4.69) is 58.7 Å². The molecule has 2 atom stereocenters. The standard InChI is InChI=1S/C26H31N5O2S/c1-17-16-21(18(2)31(17)20-11-9-19(10-12-20)25(32)33)24-23(22-8-5-6-13-27-22)28-26(34)30(24)15-7-14-29(3)4/h5-6,8-13,16,23-24H,7,14-15H2,1-4H3,(H,28,34)(H,32,33). The molecule has 0 saturated carbocycles. The fraction of sp³-hybridized carbons (Fsp3) is 0.346. The number of hydrogen-bond acceptors (Lipinski definition) is 4. The van der Waals surface area contributed by atoms with Gasteiger partial charge in [0.2, 0.25) is 0 Å². The number of pyridine rings is 1. The maximum absolute atomic E-state index is 11.3. The molecule has 1 saturated heterocycles. The molecule has 8 heteroatoms. The van der Waals surface area contributed by atoms with Crippen LogP contribution in [-0.2, 0) is 0 Å². The molecular formula is C26H31N5O2S. The summed E-state index contributed by atoms with van der Waals surface area (Å²) < 4.78 is 2.18. The molecule has 34 heavy (non-hydrogen) atoms. The van der Waals surface area contributed by atoms with Crippen molar-refractivity contribution in [3.8, 4) is 5.69 Å². The second-order valence-corrected chi connectivity index (χ2v) is 9.38. The van der Waals surface area contributed by atoms with E-state index in [-0.39, 0.29) is 17.6 Å². The van der Waals surface area contributed by atoms with Crippen LogP contribution in [-0.4, -0.2) is 62.7 Å². The number of aromatic nitrogens is 2. The number of nitrogens with zero attached hydrogens (tertiary/aromatic N) is 4. The second kappa shape index (κ2) is 9.95. The van der Waals surface area contributed by atoms with E-state index in [1.165, 1.54) is 5.56 Å². The molecule has 2 aromatic heterocycles. The maximum atomic E-state index is 11.3. The lowest BCUT2D eigenvalue weighted by atomic mass is 9.96. The largest absolute Gasteiger partial charge is 0.478 e. The second-order valence-electron chi connectivity index (χ2n) is 8.99. The van der Waals surface area contributed by atoms with Gasteiger partial charge in [-0.1, -0.05) is 6.07 Å². The van der Waals surface area contributed by atoms with E-state index >= 15 is 0 Å². The zero-order valence-corrected chi connectivity index (χ0v) is 20.8. The average Bonchev–Trinajstić information content (AvgIpc) is 3.29. The summed E-state index contributed by atoms with van der Waals surface area (Å²) in [6, 6.07) is 15.1. The molecule has 0 aliphatic carbocycles. The number of aryl methyl sites for hydroxylation is 1. The zero-order valence-electron chi connectivity index (χ0n) is 20.0. The van der Waals surface area contributed by atoms with Gasteiger partial charge in [-0.05, 0) is 101 Å². The van der Waals surface area contributed by atoms with Gasteiger partial charge in [0.1, 0.15) is 0 Å². The Morgan fingerprint density at radius 2 is 1.91 bits per heavy atom. The quantitative estimate of drug-likeness (QED) is 0.473. The molecule has 1 aliphatic heterocycles. The van der Waals surface area contributed by atoms with Crippen LogP contribution in [0.5, 0.6) is 0 Å². The maximum Gasteiger partial charge on any atom is 0.335 e. The van der Waals surface area contributed by atoms with Crippen LogP contribution < -0.4 is 5.32 Å². The number of carbonyl (C=O) groups is 1. The predicted molar refractivity (Wildman–Crippen MR) is 138 cm³/mol. The van der Waals surface area contributed by atoms with Crippen molar-refractivity contribution in [3.05, 3.63) is 82.9 Å². The third-order valence-electron chi connectivity index (χ3n) is 6.36. The summed E-state index contributed by atoms with van der Waals surface area (Å²) in [5.74, 6) is -0.926. The van der Waals surface area contributed by atoms with E-state index in [0.29, 0.717) is 0 Å². The number of rotatable bonds is 8. The van der Waals surface area contributed by atoms with Gasteiger partial charge in [-0.2, -0.15) is 0 Å². The molecule has 2 N–H and O–H groups in total. The Morgan fingerprint density at radius 3 is 2.53 bits per heavy atom. The molecule has 2 unspecified atom stereocenters. The summed E-state index contributed by atoms with van der Waals surface area (Å²) in [7, 11) is 4.16. The van der Waals surface area contributed by atoms with Gasteiger partial charge < -0.3 is 24.8 Å². The SMILES string of the molecule is Cc1cc(C2C(c3ccccn3)NC(=S)N2CCCN(C)C)c(C)n1-c1ccc(C(=O)O)cc1. The number of benzene rings is 1. The van der Waals surface area contributed by atoms with Crippen molar-refractivity contribution < 1.29 is 9.90 Å². The molecule has 0 bridgehead atoms. The van der Waals surface area contributed by atoms with E-state index in [1.807, 2.05) is 36.5 Å². The number of thiocarbonyl (C=S) groups is 1. The third-order valence-corrected chi connectivity index (χ3v) is 6.72. The molecule has 4 rings (SSSR count). The Kier molecular flexibility index (Phi) is 7.00. The van der Waals surface area contributed by atoms with Gasteiger partial charge in [0.15, 0.2) is 5.11 Å². The zero-order chi connectivity index (χ0) is 24.4. The predicted octanol–water partition coefficient (Wildman–Crippen LogP) is 4.11. The molecular weight excluding hydrogens is 446 g/mol. The van der Waals surface area contributed by atoms with Gasteiger partial charge in [-0.15, -0.1) is 0 Å². The van der Waals surface area contributed by atoms with Crippen LogP contribution in [0.2, 0.25) is 0 Å². The first-order chi connectivity index (χ1) is 16.3. The number of aromatic carboxylic acids is 1. The lowest BCUT2D eigenvalue weighted by Gasteiger charge is -2.28. The summed E-state index contributed by atoms with van der Waals surface area (Å²) in [4.78, 5) is 20.4. The van der Waals surface area contributed by atoms with E-state index in [4.69, 9.17) is 12.2 Å². The van der Waals surface area contributed by atoms with Crippen molar-refractivity contribution in [1.29, 1.82) is 0 Å². The Morgan fingerprint density at radius 1 is 1.18 bits per heavy atom. The van der Waals surface area contributed by atoms with Gasteiger partial charge in [-0.3, -0.25) is 4.98 Å². The molecule has 7 nitrogen and oxygen atoms in total. The van der Waals surface area contributed by atoms with Crippen LogP contribution >= 0.6 is 12.2 Å². The van der Waals surface area contributed by atoms with E-state index in [9.17, 15) is 9.90 Å². The highest BCUT2D eigenvalue weighted by molar-refractivity contribution is 7.80. The van der Waals surface area contributed by atoms with Crippen molar-refractivity contribution in [1.82, 2.24) is 24.7 Å². The highest BCUT2D eigenvalue weighted by atomic mass is 32.1. The van der Waals surface area contributed by atoms with Crippen molar-refractivity contribution in [3.63, 3.8) is 0 Å². The van der Waals surface area contributed by atoms with Crippen molar-refractivity contribution >= 4 is 23.3 Å². The minimum absolute atomic E-state index is 0.00260. The van der Waals surface area contributed by atoms with Crippen LogP contribution in [0.4, 0.5) is 0 Å². The van der Waals surface area contributed by atoms with Crippen molar-refractivity contribution in [2.24, 2.45) is 0 Å². The molecule has 1 fully saturated rings. The van der Waals surface area contributed by atoms with E-state index < -0.39 is 5.97 Å². The lowest BCUT2D eigenvalue weighted by molar-refractivity contribution is 0.0697.